The van der Waals surface area contributed by atoms with Crippen molar-refractivity contribution in [1.82, 2.24) is 9.80 Å². The molecule has 0 amide bonds. The van der Waals surface area contributed by atoms with E-state index in [-0.39, 0.29) is 12.6 Å². The Balaban J connectivity index is 1.82. The third kappa shape index (κ3) is 3.57. The third-order valence-corrected chi connectivity index (χ3v) is 3.76. The zero-order chi connectivity index (χ0) is 13.7. The second-order valence-corrected chi connectivity index (χ2v) is 4.93. The number of nitriles is 1. The molecule has 1 aromatic heterocycles. The summed E-state index contributed by atoms with van der Waals surface area (Å²) in [4.78, 5) is 4.67. The standard InChI is InChI=1S/C14H21N3O2/c1-2-12(11-18)17-7-5-16(6-8-17)10-14-4-3-13(9-15)19-14/h3-4,12,18H,2,5-8,10-11H2,1H3. The molecule has 5 nitrogen and oxygen atoms in total. The molecule has 1 atom stereocenters. The summed E-state index contributed by atoms with van der Waals surface area (Å²) >= 11 is 0. The van der Waals surface area contributed by atoms with Crippen molar-refractivity contribution in [3.05, 3.63) is 23.7 Å². The molecule has 1 N–H and O–H groups in total. The molecular weight excluding hydrogens is 242 g/mol. The molecule has 19 heavy (non-hydrogen) atoms. The van der Waals surface area contributed by atoms with Crippen LogP contribution in [0, 0.1) is 11.3 Å². The van der Waals surface area contributed by atoms with Gasteiger partial charge in [-0.1, -0.05) is 6.92 Å². The fraction of sp³-hybridized carbons (Fsp3) is 0.643. The van der Waals surface area contributed by atoms with Crippen LogP contribution < -0.4 is 0 Å². The van der Waals surface area contributed by atoms with Crippen LogP contribution in [-0.2, 0) is 6.54 Å². The second-order valence-electron chi connectivity index (χ2n) is 4.93. The minimum absolute atomic E-state index is 0.236. The number of piperazine rings is 1. The van der Waals surface area contributed by atoms with Gasteiger partial charge in [-0.3, -0.25) is 9.80 Å². The van der Waals surface area contributed by atoms with Crippen LogP contribution in [0.3, 0.4) is 0 Å². The number of aliphatic hydroxyl groups is 1. The van der Waals surface area contributed by atoms with Crippen LogP contribution in [0.2, 0.25) is 0 Å². The number of hydrogen-bond acceptors (Lipinski definition) is 5. The van der Waals surface area contributed by atoms with Gasteiger partial charge in [0.2, 0.25) is 5.76 Å². The molecule has 0 bridgehead atoms. The Hall–Kier alpha value is -1.35. The zero-order valence-corrected chi connectivity index (χ0v) is 11.4. The molecular formula is C14H21N3O2. The number of rotatable bonds is 5. The summed E-state index contributed by atoms with van der Waals surface area (Å²) in [5.74, 6) is 1.22. The summed E-state index contributed by atoms with van der Waals surface area (Å²) < 4.78 is 5.40. The Kier molecular flexibility index (Phi) is 4.97. The molecule has 0 aliphatic carbocycles. The molecule has 5 heteroatoms. The quantitative estimate of drug-likeness (QED) is 0.860. The lowest BCUT2D eigenvalue weighted by atomic mass is 10.1. The molecule has 2 rings (SSSR count). The highest BCUT2D eigenvalue weighted by atomic mass is 16.3. The summed E-state index contributed by atoms with van der Waals surface area (Å²) in [5.41, 5.74) is 0. The maximum absolute atomic E-state index is 9.31. The van der Waals surface area contributed by atoms with E-state index >= 15 is 0 Å². The van der Waals surface area contributed by atoms with Crippen molar-refractivity contribution >= 4 is 0 Å². The molecule has 1 aliphatic heterocycles. The maximum atomic E-state index is 9.31. The number of furan rings is 1. The first-order chi connectivity index (χ1) is 9.26. The fourth-order valence-electron chi connectivity index (χ4n) is 2.53. The predicted molar refractivity (Wildman–Crippen MR) is 71.4 cm³/mol. The van der Waals surface area contributed by atoms with E-state index in [1.807, 2.05) is 12.1 Å². The van der Waals surface area contributed by atoms with Gasteiger partial charge in [0.1, 0.15) is 11.8 Å². The normalized spacial score (nSPS) is 19.2. The lowest BCUT2D eigenvalue weighted by Gasteiger charge is -2.38. The van der Waals surface area contributed by atoms with Crippen molar-refractivity contribution in [3.8, 4) is 6.07 Å². The Morgan fingerprint density at radius 1 is 1.37 bits per heavy atom. The number of nitrogens with zero attached hydrogens (tertiary/aromatic N) is 3. The highest BCUT2D eigenvalue weighted by Crippen LogP contribution is 2.13. The fourth-order valence-corrected chi connectivity index (χ4v) is 2.53. The molecule has 1 saturated heterocycles. The van der Waals surface area contributed by atoms with E-state index < -0.39 is 0 Å². The molecule has 0 aromatic carbocycles. The van der Waals surface area contributed by atoms with Gasteiger partial charge in [0.15, 0.2) is 0 Å². The zero-order valence-electron chi connectivity index (χ0n) is 11.4. The molecule has 0 spiro atoms. The van der Waals surface area contributed by atoms with E-state index in [1.54, 1.807) is 6.07 Å². The summed E-state index contributed by atoms with van der Waals surface area (Å²) in [7, 11) is 0. The first-order valence-corrected chi connectivity index (χ1v) is 6.83. The van der Waals surface area contributed by atoms with Gasteiger partial charge in [0.25, 0.3) is 0 Å². The molecule has 1 aliphatic rings. The van der Waals surface area contributed by atoms with Gasteiger partial charge in [-0.05, 0) is 18.6 Å². The average molecular weight is 263 g/mol. The molecule has 1 aromatic rings. The summed E-state index contributed by atoms with van der Waals surface area (Å²) in [6, 6.07) is 5.87. The molecule has 1 fully saturated rings. The van der Waals surface area contributed by atoms with Gasteiger partial charge in [-0.2, -0.15) is 5.26 Å². The maximum Gasteiger partial charge on any atom is 0.203 e. The van der Waals surface area contributed by atoms with Crippen molar-refractivity contribution in [2.45, 2.75) is 25.9 Å². The van der Waals surface area contributed by atoms with Gasteiger partial charge in [0.05, 0.1) is 13.2 Å². The Morgan fingerprint density at radius 2 is 2.11 bits per heavy atom. The van der Waals surface area contributed by atoms with E-state index in [2.05, 4.69) is 16.7 Å². The average Bonchev–Trinajstić information content (AvgIpc) is 2.90. The molecule has 2 heterocycles. The van der Waals surface area contributed by atoms with Gasteiger partial charge >= 0.3 is 0 Å². The van der Waals surface area contributed by atoms with E-state index in [0.717, 1.165) is 44.9 Å². The first-order valence-electron chi connectivity index (χ1n) is 6.83. The van der Waals surface area contributed by atoms with Crippen LogP contribution in [0.5, 0.6) is 0 Å². The van der Waals surface area contributed by atoms with Crippen molar-refractivity contribution in [3.63, 3.8) is 0 Å². The van der Waals surface area contributed by atoms with Crippen LogP contribution in [0.25, 0.3) is 0 Å². The van der Waals surface area contributed by atoms with Gasteiger partial charge < -0.3 is 9.52 Å². The van der Waals surface area contributed by atoms with Crippen LogP contribution in [0.1, 0.15) is 24.9 Å². The minimum Gasteiger partial charge on any atom is -0.449 e. The van der Waals surface area contributed by atoms with Crippen molar-refractivity contribution < 1.29 is 9.52 Å². The van der Waals surface area contributed by atoms with Crippen LogP contribution in [0.15, 0.2) is 16.5 Å². The highest BCUT2D eigenvalue weighted by molar-refractivity contribution is 5.19. The molecule has 104 valence electrons. The van der Waals surface area contributed by atoms with Crippen LogP contribution in [0.4, 0.5) is 0 Å². The van der Waals surface area contributed by atoms with Crippen molar-refractivity contribution in [1.29, 1.82) is 5.26 Å². The van der Waals surface area contributed by atoms with E-state index in [0.29, 0.717) is 5.76 Å². The molecule has 1 unspecified atom stereocenters. The monoisotopic (exact) mass is 263 g/mol. The topological polar surface area (TPSA) is 63.6 Å². The Labute approximate surface area is 114 Å². The van der Waals surface area contributed by atoms with Gasteiger partial charge in [-0.15, -0.1) is 0 Å². The van der Waals surface area contributed by atoms with Crippen molar-refractivity contribution in [2.24, 2.45) is 0 Å². The smallest absolute Gasteiger partial charge is 0.203 e. The second kappa shape index (κ2) is 6.71. The van der Waals surface area contributed by atoms with Crippen LogP contribution >= 0.6 is 0 Å². The third-order valence-electron chi connectivity index (χ3n) is 3.76. The predicted octanol–water partition coefficient (Wildman–Crippen LogP) is 1.04. The van der Waals surface area contributed by atoms with Gasteiger partial charge in [0, 0.05) is 32.2 Å². The van der Waals surface area contributed by atoms with E-state index in [4.69, 9.17) is 9.68 Å². The van der Waals surface area contributed by atoms with Gasteiger partial charge in [-0.25, -0.2) is 0 Å². The Bertz CT molecular complexity index is 426. The van der Waals surface area contributed by atoms with Crippen LogP contribution in [-0.4, -0.2) is 53.7 Å². The highest BCUT2D eigenvalue weighted by Gasteiger charge is 2.22. The number of aliphatic hydroxyl groups excluding tert-OH is 1. The van der Waals surface area contributed by atoms with E-state index in [9.17, 15) is 5.11 Å². The van der Waals surface area contributed by atoms with Crippen molar-refractivity contribution in [2.75, 3.05) is 32.8 Å². The minimum atomic E-state index is 0.236. The Morgan fingerprint density at radius 3 is 2.63 bits per heavy atom. The lowest BCUT2D eigenvalue weighted by Crippen LogP contribution is -2.50. The largest absolute Gasteiger partial charge is 0.449 e. The SMILES string of the molecule is CCC(CO)N1CCN(Cc2ccc(C#N)o2)CC1. The molecule has 0 saturated carbocycles. The lowest BCUT2D eigenvalue weighted by molar-refractivity contribution is 0.0582. The summed E-state index contributed by atoms with van der Waals surface area (Å²) in [6.45, 7) is 7.00. The number of hydrogen-bond donors (Lipinski definition) is 1. The summed E-state index contributed by atoms with van der Waals surface area (Å²) in [5, 5.41) is 18.0. The molecule has 0 radical (unpaired) electrons. The first kappa shape index (κ1) is 14.1. The summed E-state index contributed by atoms with van der Waals surface area (Å²) in [6.07, 6.45) is 0.986. The van der Waals surface area contributed by atoms with E-state index in [1.165, 1.54) is 0 Å².